The van der Waals surface area contributed by atoms with Gasteiger partial charge in [-0.05, 0) is 24.2 Å². The van der Waals surface area contributed by atoms with Crippen LogP contribution in [0.3, 0.4) is 0 Å². The van der Waals surface area contributed by atoms with Gasteiger partial charge >= 0.3 is 13.2 Å². The summed E-state index contributed by atoms with van der Waals surface area (Å²) < 4.78 is 4.66. The molecule has 1 aliphatic heterocycles. The Morgan fingerprint density at radius 1 is 1.41 bits per heavy atom. The molecule has 2 heterocycles. The molecule has 1 saturated heterocycles. The highest BCUT2D eigenvalue weighted by molar-refractivity contribution is 6.58. The zero-order valence-corrected chi connectivity index (χ0v) is 18.2. The van der Waals surface area contributed by atoms with E-state index in [0.717, 1.165) is 6.42 Å². The summed E-state index contributed by atoms with van der Waals surface area (Å²) in [7, 11) is -0.404. The molecule has 1 aromatic heterocycles. The minimum atomic E-state index is -1.66. The van der Waals surface area contributed by atoms with Crippen LogP contribution in [0, 0.1) is 12.5 Å². The Balaban J connectivity index is 1.86. The van der Waals surface area contributed by atoms with Crippen LogP contribution in [0.2, 0.25) is 0 Å². The van der Waals surface area contributed by atoms with Crippen molar-refractivity contribution in [2.45, 2.75) is 38.8 Å². The number of alkyl carbamates (subject to hydrolysis) is 1. The maximum Gasteiger partial charge on any atom is 0.487 e. The van der Waals surface area contributed by atoms with Crippen molar-refractivity contribution in [2.75, 3.05) is 13.7 Å². The fourth-order valence-corrected chi connectivity index (χ4v) is 3.87. The second kappa shape index (κ2) is 9.85. The second-order valence-corrected chi connectivity index (χ2v) is 7.99. The van der Waals surface area contributed by atoms with E-state index in [1.807, 2.05) is 13.8 Å². The van der Waals surface area contributed by atoms with Crippen LogP contribution in [0.1, 0.15) is 38.6 Å². The Morgan fingerprint density at radius 3 is 2.78 bits per heavy atom. The van der Waals surface area contributed by atoms with Gasteiger partial charge in [-0.15, -0.1) is 0 Å². The number of hydrogen-bond donors (Lipinski definition) is 4. The number of aromatic nitrogens is 2. The van der Waals surface area contributed by atoms with Gasteiger partial charge in [0.2, 0.25) is 5.91 Å². The number of aromatic amines is 1. The average molecular weight is 439 g/mol. The second-order valence-electron chi connectivity index (χ2n) is 7.99. The van der Waals surface area contributed by atoms with E-state index >= 15 is 0 Å². The molecule has 2 atom stereocenters. The summed E-state index contributed by atoms with van der Waals surface area (Å²) in [6.07, 6.45) is 2.46. The molecule has 4 N–H and O–H groups in total. The van der Waals surface area contributed by atoms with Crippen LogP contribution in [0.5, 0.6) is 0 Å². The first kappa shape index (κ1) is 23.3. The lowest BCUT2D eigenvalue weighted by Gasteiger charge is -2.30. The van der Waals surface area contributed by atoms with E-state index in [9.17, 15) is 19.6 Å². The third-order valence-corrected chi connectivity index (χ3v) is 5.57. The number of rotatable bonds is 6. The number of amides is 2. The molecule has 1 aromatic carbocycles. The number of benzene rings is 1. The third kappa shape index (κ3) is 4.76. The monoisotopic (exact) mass is 439 g/mol. The Bertz CT molecular complexity index is 1030. The number of carbonyl (C=O) groups excluding carboxylic acids is 2. The largest absolute Gasteiger partial charge is 0.487 e. The number of nitrogens with zero attached hydrogens (tertiary/aromatic N) is 3. The topological polar surface area (TPSA) is 132 Å². The molecule has 3 rings (SSSR count). The molecule has 32 heavy (non-hydrogen) atoms. The lowest BCUT2D eigenvalue weighted by Crippen LogP contribution is -2.51. The van der Waals surface area contributed by atoms with E-state index in [-0.39, 0.29) is 29.0 Å². The maximum atomic E-state index is 13.2. The quantitative estimate of drug-likeness (QED) is 0.397. The molecule has 0 saturated carbocycles. The molecule has 168 valence electrons. The highest BCUT2D eigenvalue weighted by Gasteiger charge is 2.37. The number of ether oxygens (including phenoxy) is 1. The highest BCUT2D eigenvalue weighted by Crippen LogP contribution is 2.34. The van der Waals surface area contributed by atoms with Crippen LogP contribution in [-0.4, -0.2) is 63.7 Å². The average Bonchev–Trinajstić information content (AvgIpc) is 3.45. The van der Waals surface area contributed by atoms with Crippen molar-refractivity contribution in [3.05, 3.63) is 41.6 Å². The van der Waals surface area contributed by atoms with Crippen molar-refractivity contribution < 1.29 is 24.4 Å². The van der Waals surface area contributed by atoms with Crippen LogP contribution in [0.15, 0.2) is 24.4 Å². The van der Waals surface area contributed by atoms with Crippen LogP contribution >= 0.6 is 0 Å². The van der Waals surface area contributed by atoms with E-state index in [4.69, 9.17) is 6.57 Å². The highest BCUT2D eigenvalue weighted by atomic mass is 16.5. The summed E-state index contributed by atoms with van der Waals surface area (Å²) in [5.74, 6) is 0.263. The maximum absolute atomic E-state index is 13.2. The van der Waals surface area contributed by atoms with Crippen molar-refractivity contribution in [3.8, 4) is 11.3 Å². The summed E-state index contributed by atoms with van der Waals surface area (Å²) in [5.41, 5.74) is 1.65. The van der Waals surface area contributed by atoms with E-state index in [2.05, 4.69) is 24.9 Å². The number of carbonyl (C=O) groups is 2. The minimum Gasteiger partial charge on any atom is -0.453 e. The van der Waals surface area contributed by atoms with E-state index in [1.165, 1.54) is 19.2 Å². The first-order valence-corrected chi connectivity index (χ1v) is 10.3. The van der Waals surface area contributed by atoms with E-state index in [1.54, 1.807) is 17.2 Å². The molecular weight excluding hydrogens is 413 g/mol. The van der Waals surface area contributed by atoms with Crippen molar-refractivity contribution >= 4 is 30.3 Å². The van der Waals surface area contributed by atoms with Gasteiger partial charge in [0.1, 0.15) is 11.9 Å². The number of hydrogen-bond acceptors (Lipinski definition) is 6. The molecule has 0 bridgehead atoms. The van der Waals surface area contributed by atoms with Gasteiger partial charge < -0.3 is 30.0 Å². The predicted octanol–water partition coefficient (Wildman–Crippen LogP) is 1.35. The molecule has 0 spiro atoms. The standard InChI is InChI=1S/C21H26BN5O5/c1-12(2)18(26-21(29)32-4)20(28)27-9-5-6-17(27)19-24-11-16(25-19)14-8-7-13(22(30)31)10-15(14)23-3/h7-8,10-12,17-18,30-31H,5-6,9H2,1-2,4H3,(H,24,25)(H,26,29)/t17-,18-/m0/s1. The van der Waals surface area contributed by atoms with Crippen LogP contribution in [-0.2, 0) is 9.53 Å². The van der Waals surface area contributed by atoms with Gasteiger partial charge in [-0.2, -0.15) is 0 Å². The first-order chi connectivity index (χ1) is 15.3. The van der Waals surface area contributed by atoms with Gasteiger partial charge in [-0.25, -0.2) is 14.6 Å². The molecule has 10 nitrogen and oxygen atoms in total. The molecule has 2 amide bonds. The Kier molecular flexibility index (Phi) is 7.17. The third-order valence-electron chi connectivity index (χ3n) is 5.57. The molecule has 0 radical (unpaired) electrons. The van der Waals surface area contributed by atoms with E-state index in [0.29, 0.717) is 30.0 Å². The Morgan fingerprint density at radius 2 is 2.16 bits per heavy atom. The van der Waals surface area contributed by atoms with Gasteiger partial charge in [0.15, 0.2) is 5.69 Å². The fraction of sp³-hybridized carbons (Fsp3) is 0.429. The molecule has 2 aromatic rings. The number of nitrogens with one attached hydrogen (secondary N) is 2. The summed E-state index contributed by atoms with van der Waals surface area (Å²) in [6.45, 7) is 11.7. The minimum absolute atomic E-state index is 0.128. The van der Waals surface area contributed by atoms with Crippen molar-refractivity contribution in [1.29, 1.82) is 0 Å². The molecule has 0 unspecified atom stereocenters. The molecule has 1 aliphatic rings. The lowest BCUT2D eigenvalue weighted by molar-refractivity contribution is -0.135. The molecular formula is C21H26BN5O5. The summed E-state index contributed by atoms with van der Waals surface area (Å²) >= 11 is 0. The van der Waals surface area contributed by atoms with Gasteiger partial charge in [0, 0.05) is 12.1 Å². The number of H-pyrrole nitrogens is 1. The zero-order chi connectivity index (χ0) is 23.4. The fourth-order valence-electron chi connectivity index (χ4n) is 3.87. The lowest BCUT2D eigenvalue weighted by atomic mass is 9.79. The summed E-state index contributed by atoms with van der Waals surface area (Å²) in [5, 5.41) is 21.3. The number of imidazole rings is 1. The van der Waals surface area contributed by atoms with E-state index < -0.39 is 19.3 Å². The Hall–Kier alpha value is -3.36. The summed E-state index contributed by atoms with van der Waals surface area (Å²) in [6, 6.07) is 3.58. The van der Waals surface area contributed by atoms with Gasteiger partial charge in [0.25, 0.3) is 0 Å². The molecule has 11 heteroatoms. The smallest absolute Gasteiger partial charge is 0.453 e. The Labute approximate surface area is 186 Å². The van der Waals surface area contributed by atoms with Crippen molar-refractivity contribution in [1.82, 2.24) is 20.2 Å². The molecule has 0 aliphatic carbocycles. The summed E-state index contributed by atoms with van der Waals surface area (Å²) in [4.78, 5) is 37.8. The number of methoxy groups -OCH3 is 1. The van der Waals surface area contributed by atoms with Crippen molar-refractivity contribution in [2.24, 2.45) is 5.92 Å². The SMILES string of the molecule is [C-]#[N+]c1cc(B(O)O)ccc1-c1cnc([C@@H]2CCCN2C(=O)[C@@H](NC(=O)OC)C(C)C)[nH]1. The molecule has 1 fully saturated rings. The zero-order valence-electron chi connectivity index (χ0n) is 18.2. The van der Waals surface area contributed by atoms with Crippen molar-refractivity contribution in [3.63, 3.8) is 0 Å². The normalized spacial score (nSPS) is 16.5. The van der Waals surface area contributed by atoms with Gasteiger partial charge in [-0.1, -0.05) is 32.0 Å². The van der Waals surface area contributed by atoms with Gasteiger partial charge in [0.05, 0.1) is 31.6 Å². The van der Waals surface area contributed by atoms with Crippen LogP contribution in [0.25, 0.3) is 16.1 Å². The number of likely N-dealkylation sites (tertiary alicyclic amines) is 1. The first-order valence-electron chi connectivity index (χ1n) is 10.3. The van der Waals surface area contributed by atoms with Gasteiger partial charge in [-0.3, -0.25) is 4.79 Å². The van der Waals surface area contributed by atoms with Crippen LogP contribution in [0.4, 0.5) is 10.5 Å². The predicted molar refractivity (Wildman–Crippen MR) is 118 cm³/mol. The van der Waals surface area contributed by atoms with Crippen LogP contribution < -0.4 is 10.8 Å².